The van der Waals surface area contributed by atoms with E-state index in [2.05, 4.69) is 0 Å². The number of rotatable bonds is 17. The van der Waals surface area contributed by atoms with E-state index >= 15 is 0 Å². The van der Waals surface area contributed by atoms with Gasteiger partial charge < -0.3 is 76.2 Å². The van der Waals surface area contributed by atoms with E-state index in [1.165, 1.54) is 0 Å². The smallest absolute Gasteiger partial charge is 0.303 e. The maximum absolute atomic E-state index is 12.9. The van der Waals surface area contributed by atoms with Crippen LogP contribution in [0.2, 0.25) is 0 Å². The molecular weight excluding hydrogens is 872 g/mol. The summed E-state index contributed by atoms with van der Waals surface area (Å²) in [6, 6.07) is 0. The van der Waals surface area contributed by atoms with Gasteiger partial charge in [0.05, 0.1) is 0 Å². The SMILES string of the molecule is CC(=O)OC[C@H]1O[C@H](O)[C@H](OC(C)=O)[C@@H](O[C@@H]2O[C@H](COC(C)=O)[C@@H](O[C@@H]3O[C@H](COC(C)=O)[C@H](OC(C)=O)[C@H](OC(C)=O)[C@H]3OC(C)=O)[C@H](OC(C)=O)[C@H]2OC(C)=O)[C@H]1OC(C)=O. The van der Waals surface area contributed by atoms with E-state index < -0.39 is 172 Å². The second-order valence-corrected chi connectivity index (χ2v) is 14.3. The molecule has 0 bridgehead atoms. The Hall–Kier alpha value is -5.54. The summed E-state index contributed by atoms with van der Waals surface area (Å²) < 4.78 is 84.1. The Morgan fingerprint density at radius 3 is 0.953 bits per heavy atom. The molecule has 0 unspecified atom stereocenters. The van der Waals surface area contributed by atoms with Crippen molar-refractivity contribution in [2.45, 2.75) is 161 Å². The van der Waals surface area contributed by atoms with Gasteiger partial charge in [-0.1, -0.05) is 0 Å². The average molecular weight is 925 g/mol. The number of aliphatic hydroxyl groups is 1. The Morgan fingerprint density at radius 2 is 0.594 bits per heavy atom. The molecule has 3 heterocycles. The minimum atomic E-state index is -2.07. The standard InChI is InChI=1S/C38H52O26/c1-14(39)50-11-24-27(53-17(4)42)30(33(36(49)60-24)57-21(8)46)64-38-35(59-23(10)48)32(56-20(7)45)29(26(62-38)13-52-16(3)41)63-37-34(58-22(9)47)31(55-19(6)44)28(54-18(5)43)25(61-37)12-51-15(2)40/h24-38,49H,11-13H2,1-10H3/t24-,25-,26-,27+,28+,29-,30+,31+,32+,33-,34-,35-,36+,37+,38+/m1/s1. The minimum Gasteiger partial charge on any atom is -0.463 e. The molecule has 3 aliphatic rings. The van der Waals surface area contributed by atoms with Crippen LogP contribution in [0.3, 0.4) is 0 Å². The van der Waals surface area contributed by atoms with Gasteiger partial charge >= 0.3 is 59.7 Å². The molecule has 1 N–H and O–H groups in total. The summed E-state index contributed by atoms with van der Waals surface area (Å²) in [5, 5.41) is 11.1. The first kappa shape index (κ1) is 52.8. The van der Waals surface area contributed by atoms with Crippen LogP contribution in [0, 0.1) is 0 Å². The normalized spacial score (nSPS) is 32.3. The highest BCUT2D eigenvalue weighted by atomic mass is 16.8. The molecule has 0 saturated carbocycles. The first-order valence-electron chi connectivity index (χ1n) is 19.4. The summed E-state index contributed by atoms with van der Waals surface area (Å²) >= 11 is 0. The first-order chi connectivity index (χ1) is 29.9. The molecule has 3 fully saturated rings. The van der Waals surface area contributed by atoms with Gasteiger partial charge in [-0.05, 0) is 0 Å². The molecule has 26 heteroatoms. The molecule has 0 radical (unpaired) electrons. The fourth-order valence-corrected chi connectivity index (χ4v) is 6.77. The molecule has 0 aliphatic carbocycles. The van der Waals surface area contributed by atoms with Crippen LogP contribution in [0.4, 0.5) is 0 Å². The number of hydrogen-bond acceptors (Lipinski definition) is 26. The Kier molecular flexibility index (Phi) is 19.8. The van der Waals surface area contributed by atoms with Crippen molar-refractivity contribution in [1.82, 2.24) is 0 Å². The molecule has 360 valence electrons. The lowest BCUT2D eigenvalue weighted by Crippen LogP contribution is -2.69. The van der Waals surface area contributed by atoms with Crippen LogP contribution in [0.1, 0.15) is 69.2 Å². The summed E-state index contributed by atoms with van der Waals surface area (Å²) in [5.41, 5.74) is 0. The van der Waals surface area contributed by atoms with Crippen molar-refractivity contribution in [2.75, 3.05) is 19.8 Å². The van der Waals surface area contributed by atoms with E-state index in [0.29, 0.717) is 0 Å². The van der Waals surface area contributed by atoms with Crippen LogP contribution in [0.5, 0.6) is 0 Å². The van der Waals surface area contributed by atoms with Gasteiger partial charge in [0.25, 0.3) is 0 Å². The molecule has 0 aromatic heterocycles. The number of ether oxygens (including phenoxy) is 15. The van der Waals surface area contributed by atoms with E-state index in [1.807, 2.05) is 0 Å². The van der Waals surface area contributed by atoms with Crippen molar-refractivity contribution < 1.29 is 124 Å². The van der Waals surface area contributed by atoms with E-state index in [-0.39, 0.29) is 0 Å². The maximum atomic E-state index is 12.9. The molecular formula is C38H52O26. The monoisotopic (exact) mass is 924 g/mol. The van der Waals surface area contributed by atoms with Gasteiger partial charge in [0.15, 0.2) is 61.6 Å². The van der Waals surface area contributed by atoms with Gasteiger partial charge in [-0.25, -0.2) is 0 Å². The lowest BCUT2D eigenvalue weighted by molar-refractivity contribution is -0.379. The third-order valence-electron chi connectivity index (χ3n) is 8.84. The van der Waals surface area contributed by atoms with Crippen LogP contribution in [-0.2, 0) is 119 Å². The van der Waals surface area contributed by atoms with Gasteiger partial charge in [-0.15, -0.1) is 0 Å². The molecule has 3 aliphatic heterocycles. The zero-order valence-electron chi connectivity index (χ0n) is 36.4. The average Bonchev–Trinajstić information content (AvgIpc) is 3.15. The fraction of sp³-hybridized carbons (Fsp3) is 0.737. The maximum Gasteiger partial charge on any atom is 0.303 e. The summed E-state index contributed by atoms with van der Waals surface area (Å²) in [6.45, 7) is 7.68. The number of esters is 10. The van der Waals surface area contributed by atoms with Crippen molar-refractivity contribution in [3.8, 4) is 0 Å². The molecule has 64 heavy (non-hydrogen) atoms. The van der Waals surface area contributed by atoms with Crippen molar-refractivity contribution in [2.24, 2.45) is 0 Å². The predicted molar refractivity (Wildman–Crippen MR) is 197 cm³/mol. The second-order valence-electron chi connectivity index (χ2n) is 14.3. The van der Waals surface area contributed by atoms with Crippen molar-refractivity contribution >= 4 is 59.7 Å². The summed E-state index contributed by atoms with van der Waals surface area (Å²) in [5.74, 6) is -9.61. The van der Waals surface area contributed by atoms with Crippen molar-refractivity contribution in [3.05, 3.63) is 0 Å². The van der Waals surface area contributed by atoms with Gasteiger partial charge in [0.1, 0.15) is 50.3 Å². The second kappa shape index (κ2) is 23.9. The minimum absolute atomic E-state index is 0.660. The van der Waals surface area contributed by atoms with E-state index in [0.717, 1.165) is 69.2 Å². The summed E-state index contributed by atoms with van der Waals surface area (Å²) in [4.78, 5) is 124. The third kappa shape index (κ3) is 15.6. The molecule has 0 spiro atoms. The lowest BCUT2D eigenvalue weighted by atomic mass is 9.95. The van der Waals surface area contributed by atoms with Crippen molar-refractivity contribution in [1.29, 1.82) is 0 Å². The molecule has 15 atom stereocenters. The zero-order valence-corrected chi connectivity index (χ0v) is 36.4. The van der Waals surface area contributed by atoms with E-state index in [1.54, 1.807) is 0 Å². The van der Waals surface area contributed by atoms with Crippen molar-refractivity contribution in [3.63, 3.8) is 0 Å². The molecule has 26 nitrogen and oxygen atoms in total. The molecule has 0 aromatic rings. The topological polar surface area (TPSA) is 329 Å². The van der Waals surface area contributed by atoms with E-state index in [4.69, 9.17) is 71.1 Å². The number of carbonyl (C=O) groups is 10. The summed E-state index contributed by atoms with van der Waals surface area (Å²) in [7, 11) is 0. The number of aliphatic hydroxyl groups excluding tert-OH is 1. The highest BCUT2D eigenvalue weighted by molar-refractivity contribution is 5.70. The zero-order chi connectivity index (χ0) is 48.2. The largest absolute Gasteiger partial charge is 0.463 e. The van der Waals surface area contributed by atoms with Crippen LogP contribution in [-0.4, -0.2) is 177 Å². The van der Waals surface area contributed by atoms with E-state index in [9.17, 15) is 53.1 Å². The molecule has 3 rings (SSSR count). The predicted octanol–water partition coefficient (Wildman–Crippen LogP) is -1.86. The number of carbonyl (C=O) groups excluding carboxylic acids is 10. The van der Waals surface area contributed by atoms with Gasteiger partial charge in [-0.2, -0.15) is 0 Å². The Labute approximate surface area is 364 Å². The quantitative estimate of drug-likeness (QED) is 0.123. The summed E-state index contributed by atoms with van der Waals surface area (Å²) in [6.07, 6.45) is -27.4. The van der Waals surface area contributed by atoms with Crippen LogP contribution in [0.25, 0.3) is 0 Å². The van der Waals surface area contributed by atoms with Crippen LogP contribution in [0.15, 0.2) is 0 Å². The molecule has 3 saturated heterocycles. The third-order valence-corrected chi connectivity index (χ3v) is 8.84. The van der Waals surface area contributed by atoms with Crippen LogP contribution >= 0.6 is 0 Å². The van der Waals surface area contributed by atoms with Gasteiger partial charge in [0.2, 0.25) is 0 Å². The Balaban J connectivity index is 2.28. The van der Waals surface area contributed by atoms with Gasteiger partial charge in [-0.3, -0.25) is 47.9 Å². The molecule has 0 amide bonds. The Morgan fingerprint density at radius 1 is 0.328 bits per heavy atom. The first-order valence-corrected chi connectivity index (χ1v) is 19.4. The highest BCUT2D eigenvalue weighted by Gasteiger charge is 2.60. The molecule has 0 aromatic carbocycles. The fourth-order valence-electron chi connectivity index (χ4n) is 6.77. The lowest BCUT2D eigenvalue weighted by Gasteiger charge is -2.50. The Bertz CT molecular complexity index is 1730. The van der Waals surface area contributed by atoms with Gasteiger partial charge in [0, 0.05) is 69.2 Å². The highest BCUT2D eigenvalue weighted by Crippen LogP contribution is 2.38. The number of hydrogen-bond donors (Lipinski definition) is 1. The van der Waals surface area contributed by atoms with Crippen LogP contribution < -0.4 is 0 Å².